The quantitative estimate of drug-likeness (QED) is 0.409. The van der Waals surface area contributed by atoms with E-state index in [1.807, 2.05) is 0 Å². The number of amides is 1. The summed E-state index contributed by atoms with van der Waals surface area (Å²) in [6.45, 7) is 0. The van der Waals surface area contributed by atoms with E-state index in [0.29, 0.717) is 0 Å². The van der Waals surface area contributed by atoms with Gasteiger partial charge in [-0.2, -0.15) is 0 Å². The molecule has 0 heterocycles. The van der Waals surface area contributed by atoms with E-state index in [-0.39, 0.29) is 22.4 Å². The molecular weight excluding hydrogens is 318 g/mol. The maximum absolute atomic E-state index is 12.7. The van der Waals surface area contributed by atoms with Gasteiger partial charge in [0.1, 0.15) is 5.56 Å². The zero-order chi connectivity index (χ0) is 17.6. The van der Waals surface area contributed by atoms with Gasteiger partial charge in [-0.15, -0.1) is 0 Å². The second-order valence-corrected chi connectivity index (χ2v) is 4.94. The number of carbonyl (C=O) groups excluding carboxylic acids is 3. The van der Waals surface area contributed by atoms with Crippen LogP contribution in [-0.2, 0) is 0 Å². The monoisotopic (exact) mass is 327 g/mol. The van der Waals surface area contributed by atoms with Crippen molar-refractivity contribution in [2.24, 2.45) is 5.73 Å². The summed E-state index contributed by atoms with van der Waals surface area (Å²) in [4.78, 5) is 46.7. The van der Waals surface area contributed by atoms with E-state index < -0.39 is 39.6 Å². The van der Waals surface area contributed by atoms with Gasteiger partial charge in [-0.25, -0.2) is 4.79 Å². The van der Waals surface area contributed by atoms with Crippen molar-refractivity contribution in [1.29, 1.82) is 0 Å². The van der Waals surface area contributed by atoms with Crippen molar-refractivity contribution < 1.29 is 24.0 Å². The molecule has 4 N–H and O–H groups in total. The summed E-state index contributed by atoms with van der Waals surface area (Å²) in [5.41, 5.74) is 8.95. The number of primary amides is 1. The fraction of sp³-hybridized carbons (Fsp3) is 0. The Morgan fingerprint density at radius 2 is 1.62 bits per heavy atom. The van der Waals surface area contributed by atoms with Crippen molar-refractivity contribution in [3.8, 4) is 5.75 Å². The van der Waals surface area contributed by atoms with Gasteiger partial charge in [-0.05, 0) is 0 Å². The molecule has 9 nitrogen and oxygen atoms in total. The molecule has 0 radical (unpaired) electrons. The molecule has 2 aromatic rings. The Labute approximate surface area is 134 Å². The van der Waals surface area contributed by atoms with Crippen LogP contribution in [0.15, 0.2) is 30.3 Å². The largest absolute Gasteiger partial charge is 0.410 e. The molecule has 2 aromatic carbocycles. The number of carbonyl (C=O) groups is 3. The van der Waals surface area contributed by atoms with E-state index >= 15 is 0 Å². The van der Waals surface area contributed by atoms with Crippen LogP contribution in [0.5, 0.6) is 5.75 Å². The molecule has 0 unspecified atom stereocenters. The lowest BCUT2D eigenvalue weighted by Gasteiger charge is -2.20. The van der Waals surface area contributed by atoms with Crippen molar-refractivity contribution in [2.75, 3.05) is 5.73 Å². The third kappa shape index (κ3) is 2.07. The maximum atomic E-state index is 12.7. The number of ketones is 2. The van der Waals surface area contributed by atoms with E-state index in [2.05, 4.69) is 4.74 Å². The zero-order valence-corrected chi connectivity index (χ0v) is 11.9. The van der Waals surface area contributed by atoms with Crippen LogP contribution < -0.4 is 16.2 Å². The normalized spacial score (nSPS) is 12.3. The topological polar surface area (TPSA) is 156 Å². The number of nitro groups is 1. The number of nitrogens with two attached hydrogens (primary N) is 2. The molecule has 1 aliphatic carbocycles. The molecule has 120 valence electrons. The van der Waals surface area contributed by atoms with Crippen LogP contribution in [0.4, 0.5) is 16.2 Å². The molecule has 1 aliphatic rings. The molecule has 9 heteroatoms. The third-order valence-electron chi connectivity index (χ3n) is 3.59. The number of ether oxygens (including phenoxy) is 1. The summed E-state index contributed by atoms with van der Waals surface area (Å²) in [6, 6.07) is 6.69. The second kappa shape index (κ2) is 5.16. The summed E-state index contributed by atoms with van der Waals surface area (Å²) >= 11 is 0. The Kier molecular flexibility index (Phi) is 3.26. The Hall–Kier alpha value is -3.75. The van der Waals surface area contributed by atoms with Crippen LogP contribution in [0.1, 0.15) is 31.8 Å². The van der Waals surface area contributed by atoms with Crippen LogP contribution >= 0.6 is 0 Å². The summed E-state index contributed by atoms with van der Waals surface area (Å²) in [5.74, 6) is -1.83. The molecule has 0 bridgehead atoms. The fourth-order valence-electron chi connectivity index (χ4n) is 2.61. The Morgan fingerprint density at radius 3 is 2.12 bits per heavy atom. The Morgan fingerprint density at radius 1 is 1.08 bits per heavy atom. The predicted octanol–water partition coefficient (Wildman–Crippen LogP) is 1.41. The minimum atomic E-state index is -1.26. The zero-order valence-electron chi connectivity index (χ0n) is 11.9. The van der Waals surface area contributed by atoms with Crippen molar-refractivity contribution in [1.82, 2.24) is 0 Å². The number of rotatable bonds is 2. The Bertz CT molecular complexity index is 950. The fourth-order valence-corrected chi connectivity index (χ4v) is 2.61. The molecule has 0 aromatic heterocycles. The lowest BCUT2D eigenvalue weighted by Crippen LogP contribution is -2.25. The first-order valence-electron chi connectivity index (χ1n) is 6.59. The number of nitrogen functional groups attached to an aromatic ring is 1. The van der Waals surface area contributed by atoms with Gasteiger partial charge in [-0.1, -0.05) is 24.3 Å². The van der Waals surface area contributed by atoms with Crippen LogP contribution in [0, 0.1) is 10.1 Å². The van der Waals surface area contributed by atoms with Gasteiger partial charge in [-0.3, -0.25) is 19.7 Å². The highest BCUT2D eigenvalue weighted by Crippen LogP contribution is 2.41. The number of hydrogen-bond donors (Lipinski definition) is 2. The molecule has 1 amide bonds. The SMILES string of the molecule is NC(=O)Oc1cc([N+](=O)[O-])c2c(c1N)C(=O)c1ccccc1C2=O. The number of nitro benzene ring substituents is 1. The first-order valence-corrected chi connectivity index (χ1v) is 6.59. The number of benzene rings is 2. The first-order chi connectivity index (χ1) is 11.3. The second-order valence-electron chi connectivity index (χ2n) is 4.94. The molecule has 3 rings (SSSR count). The van der Waals surface area contributed by atoms with E-state index in [1.165, 1.54) is 18.2 Å². The lowest BCUT2D eigenvalue weighted by molar-refractivity contribution is -0.385. The summed E-state index contributed by atoms with van der Waals surface area (Å²) in [6.07, 6.45) is -1.26. The van der Waals surface area contributed by atoms with Crippen LogP contribution in [-0.4, -0.2) is 22.6 Å². The summed E-state index contributed by atoms with van der Waals surface area (Å²) < 4.78 is 4.62. The van der Waals surface area contributed by atoms with Gasteiger partial charge >= 0.3 is 6.09 Å². The lowest BCUT2D eigenvalue weighted by atomic mass is 9.82. The van der Waals surface area contributed by atoms with Crippen molar-refractivity contribution >= 4 is 29.0 Å². The standard InChI is InChI=1S/C15H9N3O6/c16-12-9(24-15(17)21)5-8(18(22)23)10-11(12)14(20)7-4-2-1-3-6(7)13(10)19/h1-5H,16H2,(H2,17,21). The highest BCUT2D eigenvalue weighted by Gasteiger charge is 2.38. The van der Waals surface area contributed by atoms with Crippen molar-refractivity contribution in [3.63, 3.8) is 0 Å². The van der Waals surface area contributed by atoms with Crippen LogP contribution in [0.2, 0.25) is 0 Å². The number of hydrogen-bond acceptors (Lipinski definition) is 7. The summed E-state index contributed by atoms with van der Waals surface area (Å²) in [5, 5.41) is 11.3. The van der Waals surface area contributed by atoms with Gasteiger partial charge in [0.05, 0.1) is 22.2 Å². The maximum Gasteiger partial charge on any atom is 0.410 e. The molecule has 0 atom stereocenters. The highest BCUT2D eigenvalue weighted by molar-refractivity contribution is 6.31. The van der Waals surface area contributed by atoms with Crippen LogP contribution in [0.3, 0.4) is 0 Å². The number of nitrogens with zero attached hydrogens (tertiary/aromatic N) is 1. The molecule has 0 spiro atoms. The number of fused-ring (bicyclic) bond motifs is 2. The molecule has 0 saturated heterocycles. The van der Waals surface area contributed by atoms with Gasteiger partial charge in [0.2, 0.25) is 5.78 Å². The third-order valence-corrected chi connectivity index (χ3v) is 3.59. The molecule has 0 aliphatic heterocycles. The van der Waals surface area contributed by atoms with Gasteiger partial charge in [0.25, 0.3) is 5.69 Å². The predicted molar refractivity (Wildman–Crippen MR) is 81.0 cm³/mol. The molecule has 0 fully saturated rings. The minimum absolute atomic E-state index is 0.0427. The summed E-state index contributed by atoms with van der Waals surface area (Å²) in [7, 11) is 0. The van der Waals surface area contributed by atoms with Crippen molar-refractivity contribution in [3.05, 3.63) is 62.7 Å². The minimum Gasteiger partial charge on any atom is -0.408 e. The van der Waals surface area contributed by atoms with E-state index in [1.54, 1.807) is 6.07 Å². The Balaban J connectivity index is 2.38. The molecular formula is C15H9N3O6. The molecule has 0 saturated carbocycles. The highest BCUT2D eigenvalue weighted by atomic mass is 16.6. The number of anilines is 1. The van der Waals surface area contributed by atoms with E-state index in [4.69, 9.17) is 11.5 Å². The smallest absolute Gasteiger partial charge is 0.408 e. The van der Waals surface area contributed by atoms with Crippen molar-refractivity contribution in [2.45, 2.75) is 0 Å². The van der Waals surface area contributed by atoms with Crippen LogP contribution in [0.25, 0.3) is 0 Å². The van der Waals surface area contributed by atoms with E-state index in [9.17, 15) is 24.5 Å². The average Bonchev–Trinajstić information content (AvgIpc) is 2.53. The van der Waals surface area contributed by atoms with Gasteiger partial charge in [0.15, 0.2) is 11.5 Å². The average molecular weight is 327 g/mol. The van der Waals surface area contributed by atoms with E-state index in [0.717, 1.165) is 6.07 Å². The molecule has 24 heavy (non-hydrogen) atoms. The van der Waals surface area contributed by atoms with Gasteiger partial charge < -0.3 is 16.2 Å². The van der Waals surface area contributed by atoms with Gasteiger partial charge in [0, 0.05) is 11.1 Å². The first kappa shape index (κ1) is 15.2.